The molecule has 1 unspecified atom stereocenters. The fourth-order valence-electron chi connectivity index (χ4n) is 4.15. The van der Waals surface area contributed by atoms with E-state index in [-0.39, 0.29) is 1.43 Å². The molecule has 0 aromatic carbocycles. The molecule has 2 rings (SSSR count). The van der Waals surface area contributed by atoms with Gasteiger partial charge in [0.15, 0.2) is 0 Å². The Labute approximate surface area is 128 Å². The molecule has 120 valence electrons. The van der Waals surface area contributed by atoms with Crippen molar-refractivity contribution >= 4 is 0 Å². The number of hydrogen-bond donors (Lipinski definition) is 1. The number of likely N-dealkylation sites (tertiary alicyclic amines) is 1. The van der Waals surface area contributed by atoms with Crippen LogP contribution in [-0.2, 0) is 0 Å². The van der Waals surface area contributed by atoms with Gasteiger partial charge < -0.3 is 10.2 Å². The first-order valence-corrected chi connectivity index (χ1v) is 9.01. The van der Waals surface area contributed by atoms with Gasteiger partial charge in [-0.25, -0.2) is 0 Å². The molecule has 1 saturated carbocycles. The Morgan fingerprint density at radius 3 is 2.20 bits per heavy atom. The second kappa shape index (κ2) is 7.26. The highest BCUT2D eigenvalue weighted by Crippen LogP contribution is 2.44. The molecule has 1 N–H and O–H groups in total. The predicted molar refractivity (Wildman–Crippen MR) is 90.2 cm³/mol. The molecule has 0 aromatic heterocycles. The summed E-state index contributed by atoms with van der Waals surface area (Å²) in [4.78, 5) is 2.72. The van der Waals surface area contributed by atoms with Crippen molar-refractivity contribution in [3.05, 3.63) is 0 Å². The van der Waals surface area contributed by atoms with Crippen molar-refractivity contribution in [1.29, 1.82) is 0 Å². The summed E-state index contributed by atoms with van der Waals surface area (Å²) in [7, 11) is 0. The maximum Gasteiger partial charge on any atom is 0.00698 e. The summed E-state index contributed by atoms with van der Waals surface area (Å²) in [5.74, 6) is 0.870. The Bertz CT molecular complexity index is 275. The normalized spacial score (nSPS) is 26.2. The Kier molecular flexibility index (Phi) is 5.92. The van der Waals surface area contributed by atoms with Gasteiger partial charge in [-0.15, -0.1) is 0 Å². The van der Waals surface area contributed by atoms with Gasteiger partial charge in [0, 0.05) is 20.1 Å². The summed E-state index contributed by atoms with van der Waals surface area (Å²) in [6.45, 7) is 13.3. The van der Waals surface area contributed by atoms with Gasteiger partial charge in [0.25, 0.3) is 0 Å². The minimum Gasteiger partial charge on any atom is -0.312 e. The first-order chi connectivity index (χ1) is 9.53. The number of nitrogens with one attached hydrogen (secondary N) is 1. The monoisotopic (exact) mass is 282 g/mol. The fourth-order valence-corrected chi connectivity index (χ4v) is 4.15. The molecule has 1 aliphatic carbocycles. The lowest BCUT2D eigenvalue weighted by Gasteiger charge is -2.46. The Balaban J connectivity index is 0.00000220. The average molecular weight is 283 g/mol. The minimum absolute atomic E-state index is 0. The van der Waals surface area contributed by atoms with Crippen molar-refractivity contribution < 1.29 is 1.43 Å². The molecule has 1 heterocycles. The maximum absolute atomic E-state index is 3.74. The van der Waals surface area contributed by atoms with E-state index in [9.17, 15) is 0 Å². The fraction of sp³-hybridized carbons (Fsp3) is 1.00. The molecule has 0 radical (unpaired) electrons. The lowest BCUT2D eigenvalue weighted by atomic mass is 9.67. The molecule has 2 heteroatoms. The largest absolute Gasteiger partial charge is 0.312 e. The van der Waals surface area contributed by atoms with Crippen LogP contribution in [0.15, 0.2) is 0 Å². The van der Waals surface area contributed by atoms with Gasteiger partial charge in [-0.3, -0.25) is 0 Å². The molecule has 2 nitrogen and oxygen atoms in total. The van der Waals surface area contributed by atoms with Crippen molar-refractivity contribution in [3.63, 3.8) is 0 Å². The minimum atomic E-state index is 0. The van der Waals surface area contributed by atoms with E-state index in [4.69, 9.17) is 0 Å². The quantitative estimate of drug-likeness (QED) is 0.808. The SMILES string of the molecule is CCC(C)CN1CCC2(CCC(NC(C)C)CC2)CC1.[HH]. The molecule has 1 saturated heterocycles. The van der Waals surface area contributed by atoms with Gasteiger partial charge in [0.1, 0.15) is 0 Å². The molecular weight excluding hydrogens is 244 g/mol. The van der Waals surface area contributed by atoms with Crippen LogP contribution in [0.1, 0.15) is 74.1 Å². The molecule has 1 aliphatic heterocycles. The number of hydrogen-bond acceptors (Lipinski definition) is 2. The Hall–Kier alpha value is -0.0800. The number of nitrogens with zero attached hydrogens (tertiary/aromatic N) is 1. The van der Waals surface area contributed by atoms with Crippen LogP contribution in [-0.4, -0.2) is 36.6 Å². The Morgan fingerprint density at radius 1 is 1.10 bits per heavy atom. The van der Waals surface area contributed by atoms with Crippen LogP contribution >= 0.6 is 0 Å². The summed E-state index contributed by atoms with van der Waals surface area (Å²) >= 11 is 0. The lowest BCUT2D eigenvalue weighted by molar-refractivity contribution is 0.0514. The van der Waals surface area contributed by atoms with Crippen LogP contribution in [0.3, 0.4) is 0 Å². The van der Waals surface area contributed by atoms with Crippen LogP contribution in [0.25, 0.3) is 0 Å². The standard InChI is InChI=1S/C18H36N2.H2/c1-5-16(4)14-20-12-10-18(11-13-20)8-6-17(7-9-18)19-15(2)3;/h15-17,19H,5-14H2,1-4H3;1H. The molecule has 1 atom stereocenters. The molecule has 2 fully saturated rings. The van der Waals surface area contributed by atoms with Gasteiger partial charge in [0.2, 0.25) is 0 Å². The second-order valence-electron chi connectivity index (χ2n) is 7.91. The van der Waals surface area contributed by atoms with E-state index in [0.29, 0.717) is 11.5 Å². The Morgan fingerprint density at radius 2 is 1.70 bits per heavy atom. The van der Waals surface area contributed by atoms with E-state index >= 15 is 0 Å². The molecular formula is C18H38N2. The molecule has 20 heavy (non-hydrogen) atoms. The summed E-state index contributed by atoms with van der Waals surface area (Å²) in [6, 6.07) is 1.44. The zero-order chi connectivity index (χ0) is 14.6. The third-order valence-corrected chi connectivity index (χ3v) is 5.80. The topological polar surface area (TPSA) is 15.3 Å². The van der Waals surface area contributed by atoms with Crippen molar-refractivity contribution in [1.82, 2.24) is 10.2 Å². The third-order valence-electron chi connectivity index (χ3n) is 5.80. The average Bonchev–Trinajstić information content (AvgIpc) is 2.44. The maximum atomic E-state index is 3.74. The van der Waals surface area contributed by atoms with Gasteiger partial charge in [-0.1, -0.05) is 34.1 Å². The van der Waals surface area contributed by atoms with Gasteiger partial charge in [-0.05, 0) is 62.9 Å². The van der Waals surface area contributed by atoms with Crippen molar-refractivity contribution in [3.8, 4) is 0 Å². The van der Waals surface area contributed by atoms with Gasteiger partial charge >= 0.3 is 0 Å². The lowest BCUT2D eigenvalue weighted by Crippen LogP contribution is -2.46. The van der Waals surface area contributed by atoms with Crippen molar-refractivity contribution in [2.45, 2.75) is 84.7 Å². The zero-order valence-electron chi connectivity index (χ0n) is 14.3. The number of piperidine rings is 1. The summed E-state index contributed by atoms with van der Waals surface area (Å²) < 4.78 is 0. The van der Waals surface area contributed by atoms with E-state index in [2.05, 4.69) is 37.9 Å². The first kappa shape index (κ1) is 16.3. The van der Waals surface area contributed by atoms with Crippen LogP contribution in [0, 0.1) is 11.3 Å². The highest BCUT2D eigenvalue weighted by molar-refractivity contribution is 4.92. The van der Waals surface area contributed by atoms with E-state index in [1.54, 1.807) is 0 Å². The van der Waals surface area contributed by atoms with Crippen LogP contribution in [0.5, 0.6) is 0 Å². The van der Waals surface area contributed by atoms with Gasteiger partial charge in [0.05, 0.1) is 0 Å². The van der Waals surface area contributed by atoms with E-state index in [0.717, 1.165) is 12.0 Å². The zero-order valence-corrected chi connectivity index (χ0v) is 14.3. The molecule has 0 bridgehead atoms. The van der Waals surface area contributed by atoms with E-state index < -0.39 is 0 Å². The highest BCUT2D eigenvalue weighted by Gasteiger charge is 2.37. The summed E-state index contributed by atoms with van der Waals surface area (Å²) in [5, 5.41) is 3.74. The second-order valence-corrected chi connectivity index (χ2v) is 7.91. The summed E-state index contributed by atoms with van der Waals surface area (Å²) in [6.07, 6.45) is 9.98. The number of rotatable bonds is 5. The molecule has 1 spiro atoms. The van der Waals surface area contributed by atoms with E-state index in [1.807, 2.05) is 0 Å². The van der Waals surface area contributed by atoms with Crippen molar-refractivity contribution in [2.75, 3.05) is 19.6 Å². The van der Waals surface area contributed by atoms with Crippen molar-refractivity contribution in [2.24, 2.45) is 11.3 Å². The van der Waals surface area contributed by atoms with Crippen LogP contribution in [0.4, 0.5) is 0 Å². The summed E-state index contributed by atoms with van der Waals surface area (Å²) in [5.41, 5.74) is 0.709. The molecule has 2 aliphatic rings. The predicted octanol–water partition coefficient (Wildman–Crippen LogP) is 4.30. The molecule has 0 aromatic rings. The first-order valence-electron chi connectivity index (χ1n) is 9.01. The van der Waals surface area contributed by atoms with Crippen LogP contribution < -0.4 is 5.32 Å². The van der Waals surface area contributed by atoms with Gasteiger partial charge in [-0.2, -0.15) is 0 Å². The third kappa shape index (κ3) is 4.46. The van der Waals surface area contributed by atoms with E-state index in [1.165, 1.54) is 64.6 Å². The molecule has 0 amide bonds. The highest BCUT2D eigenvalue weighted by atomic mass is 15.1. The smallest absolute Gasteiger partial charge is 0.00698 e. The van der Waals surface area contributed by atoms with Crippen LogP contribution in [0.2, 0.25) is 0 Å².